The van der Waals surface area contributed by atoms with E-state index in [-0.39, 0.29) is 11.8 Å². The monoisotopic (exact) mass is 351 g/mol. The van der Waals surface area contributed by atoms with E-state index in [2.05, 4.69) is 15.3 Å². The fourth-order valence-electron chi connectivity index (χ4n) is 2.83. The average molecular weight is 351 g/mol. The minimum absolute atomic E-state index is 0.140. The fourth-order valence-corrected chi connectivity index (χ4v) is 2.83. The lowest BCUT2D eigenvalue weighted by Gasteiger charge is -2.16. The van der Waals surface area contributed by atoms with E-state index in [4.69, 9.17) is 0 Å². The third-order valence-corrected chi connectivity index (χ3v) is 4.25. The van der Waals surface area contributed by atoms with Gasteiger partial charge in [-0.1, -0.05) is 29.4 Å². The van der Waals surface area contributed by atoms with Crippen LogP contribution in [-0.4, -0.2) is 31.7 Å². The molecular formula is C20H21N3O3. The topological polar surface area (TPSA) is 71.0 Å². The third-order valence-electron chi connectivity index (χ3n) is 4.25. The summed E-state index contributed by atoms with van der Waals surface area (Å²) >= 11 is 0. The lowest BCUT2D eigenvalue weighted by atomic mass is 10.1. The van der Waals surface area contributed by atoms with Crippen LogP contribution in [0.15, 0.2) is 53.7 Å². The summed E-state index contributed by atoms with van der Waals surface area (Å²) in [6.07, 6.45) is 3.11. The number of benzene rings is 2. The number of anilines is 1. The Labute approximate surface area is 152 Å². The van der Waals surface area contributed by atoms with E-state index in [1.807, 2.05) is 24.3 Å². The van der Waals surface area contributed by atoms with Gasteiger partial charge in [0, 0.05) is 30.8 Å². The summed E-state index contributed by atoms with van der Waals surface area (Å²) in [6, 6.07) is 14.8. The molecule has 6 nitrogen and oxygen atoms in total. The van der Waals surface area contributed by atoms with Crippen LogP contribution in [0.1, 0.15) is 34.3 Å². The number of carbonyl (C=O) groups excluding carboxylic acids is 2. The first-order valence-corrected chi connectivity index (χ1v) is 8.51. The number of hydrogen-bond acceptors (Lipinski definition) is 4. The lowest BCUT2D eigenvalue weighted by Crippen LogP contribution is -2.24. The molecule has 0 bridgehead atoms. The van der Waals surface area contributed by atoms with E-state index >= 15 is 0 Å². The zero-order valence-corrected chi connectivity index (χ0v) is 14.6. The molecule has 2 aromatic carbocycles. The van der Waals surface area contributed by atoms with Crippen molar-refractivity contribution >= 4 is 23.7 Å². The number of nitrogens with zero attached hydrogens (tertiary/aromatic N) is 2. The van der Waals surface area contributed by atoms with Crippen LogP contribution in [0.3, 0.4) is 0 Å². The molecule has 2 aromatic rings. The molecule has 0 atom stereocenters. The maximum atomic E-state index is 12.2. The van der Waals surface area contributed by atoms with Gasteiger partial charge in [-0.15, -0.1) is 0 Å². The van der Waals surface area contributed by atoms with Crippen LogP contribution >= 0.6 is 0 Å². The van der Waals surface area contributed by atoms with E-state index in [1.54, 1.807) is 35.4 Å². The molecule has 0 saturated carbocycles. The molecule has 0 spiro atoms. The molecule has 0 radical (unpaired) electrons. The van der Waals surface area contributed by atoms with E-state index in [0.717, 1.165) is 29.8 Å². The third kappa shape index (κ3) is 4.27. The summed E-state index contributed by atoms with van der Waals surface area (Å²) in [5.41, 5.74) is 3.34. The highest BCUT2D eigenvalue weighted by molar-refractivity contribution is 5.96. The van der Waals surface area contributed by atoms with E-state index in [0.29, 0.717) is 18.5 Å². The SMILES string of the molecule is CO/N=C/c1ccc(C(=O)NCc2ccc(N3CCCC3=O)cc2)cc1. The number of rotatable bonds is 6. The zero-order valence-electron chi connectivity index (χ0n) is 14.6. The predicted octanol–water partition coefficient (Wildman–Crippen LogP) is 2.72. The maximum Gasteiger partial charge on any atom is 0.251 e. The minimum Gasteiger partial charge on any atom is -0.399 e. The van der Waals surface area contributed by atoms with Crippen LogP contribution in [0.4, 0.5) is 5.69 Å². The van der Waals surface area contributed by atoms with Gasteiger partial charge in [0.25, 0.3) is 5.91 Å². The standard InChI is InChI=1S/C20H21N3O3/c1-26-22-14-16-4-8-17(9-5-16)20(25)21-13-15-6-10-18(11-7-15)23-12-2-3-19(23)24/h4-11,14H,2-3,12-13H2,1H3,(H,21,25)/b22-14+. The minimum atomic E-state index is -0.140. The molecule has 0 aromatic heterocycles. The lowest BCUT2D eigenvalue weighted by molar-refractivity contribution is -0.117. The Morgan fingerprint density at radius 3 is 2.54 bits per heavy atom. The van der Waals surface area contributed by atoms with Crippen LogP contribution in [0.25, 0.3) is 0 Å². The van der Waals surface area contributed by atoms with Gasteiger partial charge in [-0.3, -0.25) is 9.59 Å². The normalized spacial score (nSPS) is 14.0. The van der Waals surface area contributed by atoms with Gasteiger partial charge in [0.15, 0.2) is 0 Å². The summed E-state index contributed by atoms with van der Waals surface area (Å²) in [7, 11) is 1.48. The van der Waals surface area contributed by atoms with Crippen molar-refractivity contribution < 1.29 is 14.4 Å². The fraction of sp³-hybridized carbons (Fsp3) is 0.250. The van der Waals surface area contributed by atoms with E-state index in [9.17, 15) is 9.59 Å². The zero-order chi connectivity index (χ0) is 18.4. The highest BCUT2D eigenvalue weighted by Gasteiger charge is 2.21. The number of nitrogens with one attached hydrogen (secondary N) is 1. The summed E-state index contributed by atoms with van der Waals surface area (Å²) in [6.45, 7) is 1.21. The van der Waals surface area contributed by atoms with Crippen LogP contribution < -0.4 is 10.2 Å². The van der Waals surface area contributed by atoms with E-state index < -0.39 is 0 Å². The molecule has 134 valence electrons. The molecule has 3 rings (SSSR count). The molecule has 2 amide bonds. The second-order valence-electron chi connectivity index (χ2n) is 6.04. The second kappa shape index (κ2) is 8.29. The van der Waals surface area contributed by atoms with Crippen LogP contribution in [0.5, 0.6) is 0 Å². The second-order valence-corrected chi connectivity index (χ2v) is 6.04. The van der Waals surface area contributed by atoms with E-state index in [1.165, 1.54) is 7.11 Å². The molecule has 1 aliphatic rings. The molecule has 6 heteroatoms. The van der Waals surface area contributed by atoms with Crippen molar-refractivity contribution in [3.8, 4) is 0 Å². The summed E-state index contributed by atoms with van der Waals surface area (Å²) in [5.74, 6) is 0.0315. The number of carbonyl (C=O) groups is 2. The van der Waals surface area contributed by atoms with Gasteiger partial charge in [-0.05, 0) is 41.8 Å². The van der Waals surface area contributed by atoms with Gasteiger partial charge in [-0.25, -0.2) is 0 Å². The van der Waals surface area contributed by atoms with Crippen molar-refractivity contribution in [3.05, 3.63) is 65.2 Å². The van der Waals surface area contributed by atoms with Crippen molar-refractivity contribution in [2.75, 3.05) is 18.6 Å². The maximum absolute atomic E-state index is 12.2. The Morgan fingerprint density at radius 1 is 1.19 bits per heavy atom. The highest BCUT2D eigenvalue weighted by atomic mass is 16.6. The molecule has 0 aliphatic carbocycles. The summed E-state index contributed by atoms with van der Waals surface area (Å²) in [5, 5.41) is 6.58. The number of hydrogen-bond donors (Lipinski definition) is 1. The van der Waals surface area contributed by atoms with Crippen LogP contribution in [0.2, 0.25) is 0 Å². The van der Waals surface area contributed by atoms with Gasteiger partial charge in [-0.2, -0.15) is 0 Å². The first-order valence-electron chi connectivity index (χ1n) is 8.51. The Hall–Kier alpha value is -3.15. The van der Waals surface area contributed by atoms with Crippen LogP contribution in [0, 0.1) is 0 Å². The summed E-state index contributed by atoms with van der Waals surface area (Å²) in [4.78, 5) is 30.4. The van der Waals surface area contributed by atoms with Gasteiger partial charge >= 0.3 is 0 Å². The first-order chi connectivity index (χ1) is 12.7. The van der Waals surface area contributed by atoms with Gasteiger partial charge in [0.1, 0.15) is 7.11 Å². The smallest absolute Gasteiger partial charge is 0.251 e. The van der Waals surface area contributed by atoms with Gasteiger partial charge in [0.05, 0.1) is 6.21 Å². The van der Waals surface area contributed by atoms with Crippen molar-refractivity contribution in [2.24, 2.45) is 5.16 Å². The van der Waals surface area contributed by atoms with Crippen molar-refractivity contribution in [1.29, 1.82) is 0 Å². The average Bonchev–Trinajstić information content (AvgIpc) is 3.11. The molecule has 1 heterocycles. The quantitative estimate of drug-likeness (QED) is 0.642. The first kappa shape index (κ1) is 17.7. The molecule has 26 heavy (non-hydrogen) atoms. The Bertz CT molecular complexity index is 798. The predicted molar refractivity (Wildman–Crippen MR) is 100 cm³/mol. The van der Waals surface area contributed by atoms with Crippen LogP contribution in [-0.2, 0) is 16.2 Å². The molecule has 1 fully saturated rings. The molecule has 1 saturated heterocycles. The van der Waals surface area contributed by atoms with Gasteiger partial charge in [0.2, 0.25) is 5.91 Å². The van der Waals surface area contributed by atoms with Crippen molar-refractivity contribution in [2.45, 2.75) is 19.4 Å². The van der Waals surface area contributed by atoms with Crippen molar-refractivity contribution in [3.63, 3.8) is 0 Å². The molecular weight excluding hydrogens is 330 g/mol. The number of oxime groups is 1. The van der Waals surface area contributed by atoms with Gasteiger partial charge < -0.3 is 15.1 Å². The molecule has 0 unspecified atom stereocenters. The Balaban J connectivity index is 1.55. The Kier molecular flexibility index (Phi) is 5.63. The highest BCUT2D eigenvalue weighted by Crippen LogP contribution is 2.21. The van der Waals surface area contributed by atoms with Crippen molar-refractivity contribution in [1.82, 2.24) is 5.32 Å². The largest absolute Gasteiger partial charge is 0.399 e. The summed E-state index contributed by atoms with van der Waals surface area (Å²) < 4.78 is 0. The molecule has 1 N–H and O–H groups in total. The molecule has 1 aliphatic heterocycles. The Morgan fingerprint density at radius 2 is 1.92 bits per heavy atom. The number of amides is 2.